The lowest BCUT2D eigenvalue weighted by Crippen LogP contribution is -2.11. The highest BCUT2D eigenvalue weighted by Crippen LogP contribution is 2.42. The van der Waals surface area contributed by atoms with Crippen molar-refractivity contribution < 1.29 is 0 Å². The molecule has 3 heteroatoms. The molecule has 0 aliphatic carbocycles. The smallest absolute Gasteiger partial charge is 0.0540 e. The van der Waals surface area contributed by atoms with Gasteiger partial charge in [0.25, 0.3) is 0 Å². The normalized spacial score (nSPS) is 10.7. The molecule has 33 heavy (non-hydrogen) atoms. The molecular formula is C30H21Br2N. The van der Waals surface area contributed by atoms with Gasteiger partial charge in [-0.2, -0.15) is 0 Å². The first-order chi connectivity index (χ1) is 16.2. The van der Waals surface area contributed by atoms with Crippen LogP contribution in [-0.4, -0.2) is 0 Å². The topological polar surface area (TPSA) is 3.24 Å². The van der Waals surface area contributed by atoms with Gasteiger partial charge >= 0.3 is 0 Å². The third-order valence-electron chi connectivity index (χ3n) is 5.60. The van der Waals surface area contributed by atoms with Crippen molar-refractivity contribution >= 4 is 48.9 Å². The third kappa shape index (κ3) is 4.80. The molecule has 0 aromatic heterocycles. The van der Waals surface area contributed by atoms with Crippen LogP contribution in [0.25, 0.3) is 22.3 Å². The van der Waals surface area contributed by atoms with Crippen LogP contribution in [0.1, 0.15) is 0 Å². The Morgan fingerprint density at radius 3 is 1.42 bits per heavy atom. The first-order valence-corrected chi connectivity index (χ1v) is 12.3. The molecule has 0 heterocycles. The van der Waals surface area contributed by atoms with Crippen LogP contribution in [0.15, 0.2) is 136 Å². The molecule has 0 saturated heterocycles. The monoisotopic (exact) mass is 553 g/mol. The summed E-state index contributed by atoms with van der Waals surface area (Å²) < 4.78 is 2.12. The minimum absolute atomic E-state index is 1.06. The van der Waals surface area contributed by atoms with Crippen molar-refractivity contribution in [3.8, 4) is 22.3 Å². The van der Waals surface area contributed by atoms with E-state index in [4.69, 9.17) is 0 Å². The number of hydrogen-bond donors (Lipinski definition) is 0. The maximum absolute atomic E-state index is 3.58. The maximum Gasteiger partial charge on any atom is 0.0540 e. The molecule has 1 nitrogen and oxygen atoms in total. The second-order valence-corrected chi connectivity index (χ2v) is 9.58. The molecule has 0 aliphatic rings. The van der Waals surface area contributed by atoms with Crippen molar-refractivity contribution in [3.63, 3.8) is 0 Å². The lowest BCUT2D eigenvalue weighted by molar-refractivity contribution is 1.28. The quantitative estimate of drug-likeness (QED) is 0.209. The fourth-order valence-corrected chi connectivity index (χ4v) is 4.53. The van der Waals surface area contributed by atoms with E-state index in [-0.39, 0.29) is 0 Å². The minimum Gasteiger partial charge on any atom is -0.310 e. The fraction of sp³-hybridized carbons (Fsp3) is 0. The maximum atomic E-state index is 3.58. The summed E-state index contributed by atoms with van der Waals surface area (Å²) in [5.74, 6) is 0. The molecule has 0 N–H and O–H groups in total. The van der Waals surface area contributed by atoms with Crippen molar-refractivity contribution in [2.45, 2.75) is 0 Å². The second-order valence-electron chi connectivity index (χ2n) is 7.75. The van der Waals surface area contributed by atoms with E-state index in [2.05, 4.69) is 164 Å². The van der Waals surface area contributed by atoms with Crippen LogP contribution in [0.3, 0.4) is 0 Å². The van der Waals surface area contributed by atoms with E-state index in [0.717, 1.165) is 26.0 Å². The average Bonchev–Trinajstić information content (AvgIpc) is 2.88. The summed E-state index contributed by atoms with van der Waals surface area (Å²) in [6.45, 7) is 0. The van der Waals surface area contributed by atoms with Gasteiger partial charge in [-0.1, -0.05) is 98.6 Å². The Morgan fingerprint density at radius 2 is 0.909 bits per heavy atom. The van der Waals surface area contributed by atoms with E-state index in [1.54, 1.807) is 0 Å². The summed E-state index contributed by atoms with van der Waals surface area (Å²) in [6, 6.07) is 44.8. The van der Waals surface area contributed by atoms with Crippen LogP contribution in [-0.2, 0) is 0 Å². The van der Waals surface area contributed by atoms with Gasteiger partial charge in [-0.05, 0) is 77.4 Å². The van der Waals surface area contributed by atoms with E-state index in [1.807, 2.05) is 0 Å². The van der Waals surface area contributed by atoms with E-state index in [1.165, 1.54) is 22.3 Å². The number of halogens is 2. The molecule has 0 radical (unpaired) electrons. The van der Waals surface area contributed by atoms with Crippen LogP contribution < -0.4 is 4.90 Å². The van der Waals surface area contributed by atoms with Crippen molar-refractivity contribution in [2.24, 2.45) is 0 Å². The summed E-state index contributed by atoms with van der Waals surface area (Å²) in [7, 11) is 0. The minimum atomic E-state index is 1.06. The molecule has 5 rings (SSSR count). The number of anilines is 3. The van der Waals surface area contributed by atoms with Crippen LogP contribution in [0, 0.1) is 0 Å². The molecule has 5 aromatic rings. The zero-order chi connectivity index (χ0) is 22.6. The Labute approximate surface area is 211 Å². The van der Waals surface area contributed by atoms with E-state index >= 15 is 0 Å². The molecule has 0 saturated carbocycles. The summed E-state index contributed by atoms with van der Waals surface area (Å²) in [5.41, 5.74) is 8.11. The average molecular weight is 555 g/mol. The summed E-state index contributed by atoms with van der Waals surface area (Å²) in [6.07, 6.45) is 0. The Balaban J connectivity index is 1.74. The van der Waals surface area contributed by atoms with Crippen molar-refractivity contribution in [2.75, 3.05) is 4.90 Å². The Bertz CT molecular complexity index is 1300. The van der Waals surface area contributed by atoms with Gasteiger partial charge in [-0.15, -0.1) is 0 Å². The highest BCUT2D eigenvalue weighted by Gasteiger charge is 2.18. The predicted molar refractivity (Wildman–Crippen MR) is 147 cm³/mol. The molecule has 0 atom stereocenters. The summed E-state index contributed by atoms with van der Waals surface area (Å²) in [4.78, 5) is 2.32. The van der Waals surface area contributed by atoms with Gasteiger partial charge in [0.15, 0.2) is 0 Å². The molecule has 0 fully saturated rings. The highest BCUT2D eigenvalue weighted by atomic mass is 79.9. The molecule has 0 bridgehead atoms. The Hall–Kier alpha value is -3.14. The van der Waals surface area contributed by atoms with Gasteiger partial charge in [0.05, 0.1) is 5.69 Å². The first kappa shape index (κ1) is 21.7. The zero-order valence-electron chi connectivity index (χ0n) is 17.8. The van der Waals surface area contributed by atoms with E-state index in [0.29, 0.717) is 0 Å². The molecule has 0 amide bonds. The van der Waals surface area contributed by atoms with Gasteiger partial charge < -0.3 is 4.90 Å². The van der Waals surface area contributed by atoms with Crippen LogP contribution in [0.2, 0.25) is 0 Å². The van der Waals surface area contributed by atoms with Gasteiger partial charge in [0.1, 0.15) is 0 Å². The van der Waals surface area contributed by atoms with E-state index in [9.17, 15) is 0 Å². The molecule has 0 unspecified atom stereocenters. The molecule has 160 valence electrons. The fourth-order valence-electron chi connectivity index (χ4n) is 4.00. The first-order valence-electron chi connectivity index (χ1n) is 10.8. The predicted octanol–water partition coefficient (Wildman–Crippen LogP) is 10.0. The SMILES string of the molecule is Brc1ccc(N(c2ccc(Br)cc2)c2ccc(-c3ccccc3)cc2-c2ccccc2)cc1. The van der Waals surface area contributed by atoms with Gasteiger partial charge in [-0.25, -0.2) is 0 Å². The third-order valence-corrected chi connectivity index (χ3v) is 6.66. The molecule has 5 aromatic carbocycles. The lowest BCUT2D eigenvalue weighted by atomic mass is 9.96. The van der Waals surface area contributed by atoms with Crippen molar-refractivity contribution in [3.05, 3.63) is 136 Å². The lowest BCUT2D eigenvalue weighted by Gasteiger charge is -2.28. The zero-order valence-corrected chi connectivity index (χ0v) is 21.0. The van der Waals surface area contributed by atoms with Gasteiger partial charge in [-0.3, -0.25) is 0 Å². The second kappa shape index (κ2) is 9.78. The highest BCUT2D eigenvalue weighted by molar-refractivity contribution is 9.10. The summed E-state index contributed by atoms with van der Waals surface area (Å²) >= 11 is 7.16. The Morgan fingerprint density at radius 1 is 0.424 bits per heavy atom. The molecular weight excluding hydrogens is 534 g/mol. The Kier molecular flexibility index (Phi) is 6.43. The van der Waals surface area contributed by atoms with Crippen LogP contribution >= 0.6 is 31.9 Å². The number of benzene rings is 5. The van der Waals surface area contributed by atoms with Crippen LogP contribution in [0.5, 0.6) is 0 Å². The number of rotatable bonds is 5. The number of nitrogens with zero attached hydrogens (tertiary/aromatic N) is 1. The van der Waals surface area contributed by atoms with E-state index < -0.39 is 0 Å². The van der Waals surface area contributed by atoms with Crippen LogP contribution in [0.4, 0.5) is 17.1 Å². The van der Waals surface area contributed by atoms with Crippen molar-refractivity contribution in [1.29, 1.82) is 0 Å². The van der Waals surface area contributed by atoms with Gasteiger partial charge in [0.2, 0.25) is 0 Å². The largest absolute Gasteiger partial charge is 0.310 e. The standard InChI is InChI=1S/C30H21Br2N/c31-25-12-16-27(17-13-25)33(28-18-14-26(32)15-19-28)30-20-11-24(22-7-3-1-4-8-22)21-29(30)23-9-5-2-6-10-23/h1-21H. The number of hydrogen-bond acceptors (Lipinski definition) is 1. The van der Waals surface area contributed by atoms with Gasteiger partial charge in [0, 0.05) is 25.9 Å². The molecule has 0 aliphatic heterocycles. The molecule has 0 spiro atoms. The summed E-state index contributed by atoms with van der Waals surface area (Å²) in [5, 5.41) is 0. The van der Waals surface area contributed by atoms with Crippen molar-refractivity contribution in [1.82, 2.24) is 0 Å².